The highest BCUT2D eigenvalue weighted by Crippen LogP contribution is 2.43. The highest BCUT2D eigenvalue weighted by molar-refractivity contribution is 6.27. The molecule has 1 amide bonds. The Bertz CT molecular complexity index is 1190. The van der Waals surface area contributed by atoms with Crippen LogP contribution in [-0.4, -0.2) is 54.0 Å². The number of nitrogens with one attached hydrogen (secondary N) is 1. The summed E-state index contributed by atoms with van der Waals surface area (Å²) in [5.74, 6) is 0.0376. The average molecular weight is 471 g/mol. The fourth-order valence-corrected chi connectivity index (χ4v) is 4.68. The lowest BCUT2D eigenvalue weighted by atomic mass is 9.87. The van der Waals surface area contributed by atoms with Gasteiger partial charge in [0.05, 0.1) is 26.4 Å². The molecule has 8 heteroatoms. The molecular formula is C25H27ClN2O5. The van der Waals surface area contributed by atoms with Crippen molar-refractivity contribution in [1.82, 2.24) is 9.88 Å². The molecule has 0 saturated heterocycles. The van der Waals surface area contributed by atoms with E-state index in [0.717, 1.165) is 27.7 Å². The van der Waals surface area contributed by atoms with E-state index in [2.05, 4.69) is 4.98 Å². The van der Waals surface area contributed by atoms with Gasteiger partial charge in [-0.05, 0) is 43.2 Å². The number of nitrogens with zero attached hydrogens (tertiary/aromatic N) is 1. The molecule has 174 valence electrons. The second-order valence-electron chi connectivity index (χ2n) is 8.22. The van der Waals surface area contributed by atoms with Gasteiger partial charge in [-0.15, -0.1) is 11.6 Å². The summed E-state index contributed by atoms with van der Waals surface area (Å²) in [6.07, 6.45) is 0.300. The molecule has 7 nitrogen and oxygen atoms in total. The molecule has 0 saturated carbocycles. The maximum absolute atomic E-state index is 13.1. The van der Waals surface area contributed by atoms with Crippen LogP contribution < -0.4 is 9.47 Å². The maximum Gasteiger partial charge on any atom is 0.328 e. The summed E-state index contributed by atoms with van der Waals surface area (Å²) < 4.78 is 16.5. The summed E-state index contributed by atoms with van der Waals surface area (Å²) in [6, 6.07) is 12.0. The van der Waals surface area contributed by atoms with Crippen LogP contribution in [0.1, 0.15) is 36.7 Å². The van der Waals surface area contributed by atoms with E-state index in [0.29, 0.717) is 17.9 Å². The first-order valence-electron chi connectivity index (χ1n) is 10.8. The number of methoxy groups -OCH3 is 2. The lowest BCUT2D eigenvalue weighted by molar-refractivity contribution is -0.154. The fourth-order valence-electron chi connectivity index (χ4n) is 4.54. The highest BCUT2D eigenvalue weighted by Gasteiger charge is 2.44. The molecule has 4 rings (SSSR count). The summed E-state index contributed by atoms with van der Waals surface area (Å²) in [4.78, 5) is 30.9. The molecular weight excluding hydrogens is 444 g/mol. The Morgan fingerprint density at radius 2 is 1.91 bits per heavy atom. The third-order valence-corrected chi connectivity index (χ3v) is 6.10. The van der Waals surface area contributed by atoms with Gasteiger partial charge in [-0.3, -0.25) is 4.79 Å². The van der Waals surface area contributed by atoms with Crippen LogP contribution in [0.3, 0.4) is 0 Å². The third-order valence-electron chi connectivity index (χ3n) is 5.87. The molecule has 33 heavy (non-hydrogen) atoms. The van der Waals surface area contributed by atoms with Gasteiger partial charge in [0, 0.05) is 23.0 Å². The third kappa shape index (κ3) is 4.13. The molecule has 1 aromatic heterocycles. The fraction of sp³-hybridized carbons (Fsp3) is 0.360. The van der Waals surface area contributed by atoms with E-state index in [4.69, 9.17) is 25.8 Å². The number of esters is 1. The number of ether oxygens (including phenoxy) is 3. The molecule has 0 radical (unpaired) electrons. The molecule has 1 N–H and O–H groups in total. The zero-order valence-corrected chi connectivity index (χ0v) is 19.8. The standard InChI is InChI=1S/C25H27ClN2O5/c1-14(2)33-20-10-9-15(11-21(20)31-3)24-23-17(16-7-5-6-8-18(16)27-23)12-19(25(30)32-4)28(24)22(29)13-26/h5-11,14,19,24,27H,12-13H2,1-4H3/t19-,24+/m0/s1. The molecule has 0 bridgehead atoms. The minimum atomic E-state index is -0.810. The van der Waals surface area contributed by atoms with Gasteiger partial charge in [0.2, 0.25) is 5.91 Å². The van der Waals surface area contributed by atoms with Crippen molar-refractivity contribution >= 4 is 34.4 Å². The van der Waals surface area contributed by atoms with Crippen molar-refractivity contribution in [2.24, 2.45) is 0 Å². The van der Waals surface area contributed by atoms with Gasteiger partial charge in [0.1, 0.15) is 11.9 Å². The number of fused-ring (bicyclic) bond motifs is 3. The van der Waals surface area contributed by atoms with Crippen molar-refractivity contribution in [3.8, 4) is 11.5 Å². The van der Waals surface area contributed by atoms with E-state index in [1.54, 1.807) is 7.11 Å². The van der Waals surface area contributed by atoms with Crippen LogP contribution in [0.2, 0.25) is 0 Å². The average Bonchev–Trinajstić information content (AvgIpc) is 3.20. The Balaban J connectivity index is 1.94. The summed E-state index contributed by atoms with van der Waals surface area (Å²) in [5, 5.41) is 1.01. The molecule has 0 spiro atoms. The predicted octanol–water partition coefficient (Wildman–Crippen LogP) is 4.22. The maximum atomic E-state index is 13.1. The van der Waals surface area contributed by atoms with Gasteiger partial charge in [-0.25, -0.2) is 4.79 Å². The Kier molecular flexibility index (Phi) is 6.51. The predicted molar refractivity (Wildman–Crippen MR) is 126 cm³/mol. The molecule has 2 heterocycles. The van der Waals surface area contributed by atoms with Crippen molar-refractivity contribution < 1.29 is 23.8 Å². The SMILES string of the molecule is COC(=O)[C@@H]1Cc2c([nH]c3ccccc23)[C@@H](c2ccc(OC(C)C)c(OC)c2)N1C(=O)CCl. The Labute approximate surface area is 197 Å². The van der Waals surface area contributed by atoms with Crippen LogP contribution in [0.4, 0.5) is 0 Å². The number of hydrogen-bond acceptors (Lipinski definition) is 5. The minimum absolute atomic E-state index is 0.0298. The van der Waals surface area contributed by atoms with E-state index >= 15 is 0 Å². The number of carbonyl (C=O) groups excluding carboxylic acids is 2. The van der Waals surface area contributed by atoms with Crippen LogP contribution in [0.5, 0.6) is 11.5 Å². The number of rotatable bonds is 6. The first kappa shape index (κ1) is 23.0. The van der Waals surface area contributed by atoms with Gasteiger partial charge in [0.25, 0.3) is 0 Å². The van der Waals surface area contributed by atoms with E-state index < -0.39 is 18.1 Å². The van der Waals surface area contributed by atoms with E-state index in [1.807, 2.05) is 56.3 Å². The van der Waals surface area contributed by atoms with Crippen molar-refractivity contribution in [3.05, 3.63) is 59.3 Å². The summed E-state index contributed by atoms with van der Waals surface area (Å²) in [6.45, 7) is 3.88. The van der Waals surface area contributed by atoms with Gasteiger partial charge >= 0.3 is 5.97 Å². The number of aromatic amines is 1. The summed E-state index contributed by atoms with van der Waals surface area (Å²) in [7, 11) is 2.90. The van der Waals surface area contributed by atoms with E-state index in [-0.39, 0.29) is 17.9 Å². The number of para-hydroxylation sites is 1. The molecule has 1 aliphatic heterocycles. The topological polar surface area (TPSA) is 80.9 Å². The number of benzene rings is 2. The van der Waals surface area contributed by atoms with Crippen molar-refractivity contribution in [2.45, 2.75) is 38.5 Å². The van der Waals surface area contributed by atoms with Crippen LogP contribution >= 0.6 is 11.6 Å². The number of hydrogen-bond donors (Lipinski definition) is 1. The van der Waals surface area contributed by atoms with E-state index in [1.165, 1.54) is 12.0 Å². The number of carbonyl (C=O) groups is 2. The number of amides is 1. The van der Waals surface area contributed by atoms with E-state index in [9.17, 15) is 9.59 Å². The number of H-pyrrole nitrogens is 1. The molecule has 0 fully saturated rings. The highest BCUT2D eigenvalue weighted by atomic mass is 35.5. The molecule has 2 atom stereocenters. The Morgan fingerprint density at radius 1 is 1.15 bits per heavy atom. The first-order valence-corrected chi connectivity index (χ1v) is 11.3. The second-order valence-corrected chi connectivity index (χ2v) is 8.49. The van der Waals surface area contributed by atoms with Gasteiger partial charge in [-0.1, -0.05) is 24.3 Å². The van der Waals surface area contributed by atoms with Crippen LogP contribution in [0.25, 0.3) is 10.9 Å². The second kappa shape index (κ2) is 9.35. The molecule has 0 unspecified atom stereocenters. The summed E-state index contributed by atoms with van der Waals surface area (Å²) in [5.41, 5.74) is 3.52. The zero-order chi connectivity index (χ0) is 23.7. The van der Waals surface area contributed by atoms with Gasteiger partial charge in [-0.2, -0.15) is 0 Å². The number of halogens is 1. The lowest BCUT2D eigenvalue weighted by Gasteiger charge is -2.40. The molecule has 2 aromatic carbocycles. The number of alkyl halides is 1. The lowest BCUT2D eigenvalue weighted by Crippen LogP contribution is -2.52. The van der Waals surface area contributed by atoms with Crippen LogP contribution in [-0.2, 0) is 20.7 Å². The van der Waals surface area contributed by atoms with Gasteiger partial charge in [0.15, 0.2) is 11.5 Å². The monoisotopic (exact) mass is 470 g/mol. The molecule has 0 aliphatic carbocycles. The Morgan fingerprint density at radius 3 is 2.58 bits per heavy atom. The first-order chi connectivity index (χ1) is 15.9. The van der Waals surface area contributed by atoms with Crippen molar-refractivity contribution in [2.75, 3.05) is 20.1 Å². The normalized spacial score (nSPS) is 17.7. The Hall–Kier alpha value is -3.19. The van der Waals surface area contributed by atoms with Gasteiger partial charge < -0.3 is 24.1 Å². The quantitative estimate of drug-likeness (QED) is 0.431. The largest absolute Gasteiger partial charge is 0.493 e. The number of aromatic nitrogens is 1. The van der Waals surface area contributed by atoms with Crippen molar-refractivity contribution in [3.63, 3.8) is 0 Å². The smallest absolute Gasteiger partial charge is 0.328 e. The minimum Gasteiger partial charge on any atom is -0.493 e. The zero-order valence-electron chi connectivity index (χ0n) is 19.1. The van der Waals surface area contributed by atoms with Crippen LogP contribution in [0, 0.1) is 0 Å². The summed E-state index contributed by atoms with van der Waals surface area (Å²) >= 11 is 6.00. The van der Waals surface area contributed by atoms with Crippen LogP contribution in [0.15, 0.2) is 42.5 Å². The molecule has 1 aliphatic rings. The van der Waals surface area contributed by atoms with Crippen molar-refractivity contribution in [1.29, 1.82) is 0 Å². The molecule has 3 aromatic rings.